The highest BCUT2D eigenvalue weighted by Gasteiger charge is 2.41. The lowest BCUT2D eigenvalue weighted by Crippen LogP contribution is -2.41. The van der Waals surface area contributed by atoms with Crippen LogP contribution < -0.4 is 5.73 Å². The summed E-state index contributed by atoms with van der Waals surface area (Å²) >= 11 is -5.74. The molecule has 8 heteroatoms. The van der Waals surface area contributed by atoms with Crippen molar-refractivity contribution >= 4 is 11.2 Å². The van der Waals surface area contributed by atoms with Crippen LogP contribution in [0.5, 0.6) is 0 Å². The van der Waals surface area contributed by atoms with E-state index in [1.165, 1.54) is 0 Å². The van der Waals surface area contributed by atoms with Crippen molar-refractivity contribution in [1.82, 2.24) is 0 Å². The number of nitrogens with two attached hydrogens (primary N) is 1. The van der Waals surface area contributed by atoms with E-state index in [1.54, 1.807) is 0 Å². The van der Waals surface area contributed by atoms with Gasteiger partial charge >= 0.3 is 6.05 Å². The van der Waals surface area contributed by atoms with Gasteiger partial charge in [-0.25, -0.2) is 4.39 Å². The summed E-state index contributed by atoms with van der Waals surface area (Å²) in [5, 5.41) is 0. The first-order chi connectivity index (χ1) is 4.63. The molecule has 70 valence electrons. The molecule has 0 spiro atoms. The fraction of sp³-hybridized carbons (Fsp3) is 1.00. The van der Waals surface area contributed by atoms with Gasteiger partial charge in [0.2, 0.25) is 11.2 Å². The van der Waals surface area contributed by atoms with Crippen LogP contribution in [0.2, 0.25) is 0 Å². The van der Waals surface area contributed by atoms with E-state index in [4.69, 9.17) is 0 Å². The molecule has 0 fully saturated rings. The molecule has 1 unspecified atom stereocenters. The Morgan fingerprint density at radius 3 is 1.73 bits per heavy atom. The van der Waals surface area contributed by atoms with Crippen molar-refractivity contribution in [3.63, 3.8) is 0 Å². The minimum atomic E-state index is -5.74. The van der Waals surface area contributed by atoms with Gasteiger partial charge in [0.25, 0.3) is 0 Å². The van der Waals surface area contributed by atoms with Gasteiger partial charge in [-0.1, -0.05) is 0 Å². The summed E-state index contributed by atoms with van der Waals surface area (Å²) in [7, 11) is 0. The maximum Gasteiger partial charge on any atom is 0.331 e. The van der Waals surface area contributed by atoms with Gasteiger partial charge in [-0.05, 0) is 0 Å². The average molecular weight is 201 g/mol. The van der Waals surface area contributed by atoms with Crippen molar-refractivity contribution in [2.24, 2.45) is 5.73 Å². The Morgan fingerprint density at radius 1 is 1.27 bits per heavy atom. The number of alkyl halides is 3. The van der Waals surface area contributed by atoms with Crippen LogP contribution in [-0.4, -0.2) is 18.0 Å². The van der Waals surface area contributed by atoms with Crippen LogP contribution in [0.25, 0.3) is 0 Å². The molecule has 0 aromatic heterocycles. The largest absolute Gasteiger partial charge is 0.331 e. The van der Waals surface area contributed by atoms with E-state index in [0.717, 1.165) is 0 Å². The molecule has 0 amide bonds. The highest BCUT2D eigenvalue weighted by molar-refractivity contribution is 8.20. The van der Waals surface area contributed by atoms with Crippen LogP contribution in [0, 0.1) is 0 Å². The molecule has 0 aliphatic carbocycles. The van der Waals surface area contributed by atoms with Gasteiger partial charge < -0.3 is 0 Å². The van der Waals surface area contributed by atoms with Gasteiger partial charge in [0.15, 0.2) is 6.17 Å². The quantitative estimate of drug-likeness (QED) is 0.550. The van der Waals surface area contributed by atoms with E-state index >= 15 is 0 Å². The van der Waals surface area contributed by atoms with Crippen LogP contribution in [0.1, 0.15) is 0 Å². The number of hydrogen-bond donors (Lipinski definition) is 1. The molecule has 0 saturated heterocycles. The molecule has 0 bridgehead atoms. The van der Waals surface area contributed by atoms with Crippen LogP contribution in [-0.2, 0) is 0 Å². The molecule has 0 rings (SSSR count). The maximum atomic E-state index is 11.8. The Morgan fingerprint density at radius 2 is 1.64 bits per heavy atom. The topological polar surface area (TPSA) is 26.0 Å². The Hall–Kier alpha value is -0.110. The van der Waals surface area contributed by atoms with E-state index in [9.17, 15) is 24.8 Å². The van der Waals surface area contributed by atoms with Crippen molar-refractivity contribution in [1.29, 1.82) is 0 Å². The summed E-state index contributed by atoms with van der Waals surface area (Å²) in [4.78, 5) is 0. The number of halogens is 6. The molecule has 11 heavy (non-hydrogen) atoms. The van der Waals surface area contributed by atoms with Crippen LogP contribution in [0.15, 0.2) is 0 Å². The molecular formula is C3H5F6NS. The first-order valence-corrected chi connectivity index (χ1v) is 3.84. The molecule has 0 heterocycles. The van der Waals surface area contributed by atoms with E-state index in [2.05, 4.69) is 5.73 Å². The Kier molecular flexibility index (Phi) is 3.06. The van der Waals surface area contributed by atoms with Gasteiger partial charge in [0, 0.05) is 0 Å². The zero-order valence-corrected chi connectivity index (χ0v) is 5.85. The normalized spacial score (nSPS) is 18.1. The fourth-order valence-corrected chi connectivity index (χ4v) is 0.831. The van der Waals surface area contributed by atoms with E-state index in [0.29, 0.717) is 0 Å². The molecule has 0 aliphatic heterocycles. The first-order valence-electron chi connectivity index (χ1n) is 2.33. The summed E-state index contributed by atoms with van der Waals surface area (Å²) in [5.41, 5.74) is 3.79. The molecule has 0 saturated carbocycles. The Balaban J connectivity index is 3.99. The summed E-state index contributed by atoms with van der Waals surface area (Å²) in [5.74, 6) is -2.14. The number of rotatable bonds is 3. The van der Waals surface area contributed by atoms with E-state index in [-0.39, 0.29) is 0 Å². The van der Waals surface area contributed by atoms with Gasteiger partial charge in [-0.3, -0.25) is 5.73 Å². The van der Waals surface area contributed by atoms with Crippen LogP contribution in [0.4, 0.5) is 24.8 Å². The molecule has 0 aromatic carbocycles. The van der Waals surface area contributed by atoms with Gasteiger partial charge in [-0.15, -0.1) is 11.7 Å². The van der Waals surface area contributed by atoms with Crippen LogP contribution in [0.3, 0.4) is 0 Å². The minimum Gasteiger partial charge on any atom is -0.270 e. The molecule has 1 nitrogen and oxygen atoms in total. The van der Waals surface area contributed by atoms with Crippen molar-refractivity contribution in [3.8, 4) is 0 Å². The zero-order valence-electron chi connectivity index (χ0n) is 5.04. The molecule has 0 aromatic rings. The average Bonchev–Trinajstić information content (AvgIpc) is 1.56. The monoisotopic (exact) mass is 201 g/mol. The van der Waals surface area contributed by atoms with Crippen LogP contribution >= 0.6 is 11.2 Å². The maximum absolute atomic E-state index is 11.8. The zero-order chi connectivity index (χ0) is 9.28. The van der Waals surface area contributed by atoms with Crippen molar-refractivity contribution in [2.45, 2.75) is 12.2 Å². The fourth-order valence-electron chi connectivity index (χ4n) is 0.277. The molecule has 1 atom stereocenters. The predicted octanol–water partition coefficient (Wildman–Crippen LogP) is 2.33. The van der Waals surface area contributed by atoms with Gasteiger partial charge in [0.05, 0.1) is 5.75 Å². The molecule has 0 aliphatic rings. The number of hydrogen-bond acceptors (Lipinski definition) is 1. The van der Waals surface area contributed by atoms with Crippen molar-refractivity contribution in [2.75, 3.05) is 5.75 Å². The second kappa shape index (κ2) is 3.10. The molecule has 2 N–H and O–H groups in total. The summed E-state index contributed by atoms with van der Waals surface area (Å²) in [6.07, 6.45) is -3.34. The van der Waals surface area contributed by atoms with Gasteiger partial charge in [0.1, 0.15) is 0 Å². The highest BCUT2D eigenvalue weighted by atomic mass is 32.3. The SMILES string of the molecule is NC(F)(F)C(F)CS(F)(F)F. The Bertz CT molecular complexity index is 127. The third-order valence-corrected chi connectivity index (χ3v) is 1.42. The lowest BCUT2D eigenvalue weighted by molar-refractivity contribution is -0.0577. The second-order valence-corrected chi connectivity index (χ2v) is 3.15. The highest BCUT2D eigenvalue weighted by Crippen LogP contribution is 2.54. The van der Waals surface area contributed by atoms with Crippen molar-refractivity contribution in [3.05, 3.63) is 0 Å². The summed E-state index contributed by atoms with van der Waals surface area (Å²) < 4.78 is 68.8. The Labute approximate surface area is 60.7 Å². The third kappa shape index (κ3) is 5.19. The van der Waals surface area contributed by atoms with Gasteiger partial charge in [-0.2, -0.15) is 8.78 Å². The molecule has 0 radical (unpaired) electrons. The summed E-state index contributed by atoms with van der Waals surface area (Å²) in [6.45, 7) is 0. The smallest absolute Gasteiger partial charge is 0.270 e. The second-order valence-electron chi connectivity index (χ2n) is 1.81. The standard InChI is InChI=1S/C3H5F6NS/c4-2(3(5,6)10)1-11(7,8)9/h2H,1,10H2. The summed E-state index contributed by atoms with van der Waals surface area (Å²) in [6, 6.07) is -4.40. The lowest BCUT2D eigenvalue weighted by Gasteiger charge is -2.18. The lowest BCUT2D eigenvalue weighted by atomic mass is 10.4. The first kappa shape index (κ1) is 10.9. The van der Waals surface area contributed by atoms with E-state index in [1.807, 2.05) is 0 Å². The van der Waals surface area contributed by atoms with Crippen molar-refractivity contribution < 1.29 is 24.8 Å². The minimum absolute atomic E-state index is 2.14. The van der Waals surface area contributed by atoms with E-state index < -0.39 is 29.2 Å². The molecular weight excluding hydrogens is 196 g/mol. The third-order valence-electron chi connectivity index (χ3n) is 0.753. The predicted molar refractivity (Wildman–Crippen MR) is 29.8 cm³/mol.